The van der Waals surface area contributed by atoms with Gasteiger partial charge in [0.15, 0.2) is 11.5 Å². The zero-order chi connectivity index (χ0) is 31.8. The molecule has 0 aromatic carbocycles. The van der Waals surface area contributed by atoms with Gasteiger partial charge in [0.2, 0.25) is 11.7 Å². The number of ether oxygens (including phenoxy) is 5. The quantitative estimate of drug-likeness (QED) is 0.264. The highest BCUT2D eigenvalue weighted by Crippen LogP contribution is 2.72. The highest BCUT2D eigenvalue weighted by atomic mass is 16.6. The van der Waals surface area contributed by atoms with Crippen molar-refractivity contribution in [1.82, 2.24) is 0 Å². The van der Waals surface area contributed by atoms with Crippen LogP contribution in [0, 0.1) is 28.6 Å². The van der Waals surface area contributed by atoms with Crippen LogP contribution < -0.4 is 0 Å². The molecule has 12 heteroatoms. The molecule has 2 aliphatic heterocycles. The Morgan fingerprint density at radius 2 is 1.63 bits per heavy atom. The SMILES string of the molecule is COC(=O)[C@@]12OC[C@@]34[C@@H](CC5C(C)=C(OC(=O)C=C(C)C)C(=O)C[C@]5(C)[C@H]3[C@@H](O)[C@@H]1O)OC(=O)[C@H](OC(=O)C=C(C)C)[C@@H]24. The molecule has 43 heavy (non-hydrogen) atoms. The van der Waals surface area contributed by atoms with Gasteiger partial charge in [0.1, 0.15) is 12.2 Å². The fraction of sp³-hybridized carbons (Fsp3) is 0.645. The number of Topliss-reactive ketones (excluding diaryl/α,β-unsaturated/α-hetero) is 1. The van der Waals surface area contributed by atoms with E-state index in [9.17, 15) is 34.2 Å². The zero-order valence-electron chi connectivity index (χ0n) is 25.3. The molecule has 12 nitrogen and oxygen atoms in total. The van der Waals surface area contributed by atoms with Crippen LogP contribution in [0.5, 0.6) is 0 Å². The predicted octanol–water partition coefficient (Wildman–Crippen LogP) is 1.47. The number of fused-ring (bicyclic) bond motifs is 2. The van der Waals surface area contributed by atoms with E-state index in [-0.39, 0.29) is 25.2 Å². The lowest BCUT2D eigenvalue weighted by Crippen LogP contribution is -2.79. The number of ketones is 1. The van der Waals surface area contributed by atoms with Crippen LogP contribution in [0.15, 0.2) is 34.6 Å². The maximum atomic E-state index is 13.6. The lowest BCUT2D eigenvalue weighted by atomic mass is 9.38. The summed E-state index contributed by atoms with van der Waals surface area (Å²) in [4.78, 5) is 65.9. The number of methoxy groups -OCH3 is 1. The summed E-state index contributed by atoms with van der Waals surface area (Å²) in [5.74, 6) is -6.92. The molecule has 0 aromatic heterocycles. The molecular weight excluding hydrogens is 564 g/mol. The monoisotopic (exact) mass is 602 g/mol. The zero-order valence-corrected chi connectivity index (χ0v) is 25.3. The van der Waals surface area contributed by atoms with Crippen molar-refractivity contribution in [2.24, 2.45) is 28.6 Å². The van der Waals surface area contributed by atoms with Crippen LogP contribution >= 0.6 is 0 Å². The van der Waals surface area contributed by atoms with Gasteiger partial charge in [-0.2, -0.15) is 0 Å². The number of hydrogen-bond acceptors (Lipinski definition) is 12. The minimum atomic E-state index is -2.25. The Labute approximate surface area is 249 Å². The van der Waals surface area contributed by atoms with Crippen LogP contribution in [0.4, 0.5) is 0 Å². The smallest absolute Gasteiger partial charge is 0.348 e. The van der Waals surface area contributed by atoms with Crippen molar-refractivity contribution >= 4 is 29.7 Å². The molecule has 10 atom stereocenters. The van der Waals surface area contributed by atoms with Crippen LogP contribution in [0.3, 0.4) is 0 Å². The van der Waals surface area contributed by atoms with Crippen LogP contribution in [0.1, 0.15) is 54.4 Å². The molecule has 234 valence electrons. The standard InChI is InChI=1S/C31H38O12/c1-13(2)8-19(33)42-22-15(5)16-10-18-30-12-40-31(28(38)39-7,26(36)21(35)24(30)29(16,6)11-17(22)32)25(30)23(27(37)41-18)43-20(34)9-14(3)4/h8-9,16,18,21,23-26,35-36H,10-12H2,1-7H3/t16?,18-,21-,23-,24-,25-,26+,29+,30-,31+/m1/s1. The molecule has 0 amide bonds. The number of rotatable bonds is 5. The van der Waals surface area contributed by atoms with Crippen molar-refractivity contribution < 1.29 is 57.9 Å². The Bertz CT molecular complexity index is 1380. The van der Waals surface area contributed by atoms with E-state index in [4.69, 9.17) is 23.7 Å². The van der Waals surface area contributed by atoms with E-state index in [1.807, 2.05) is 0 Å². The number of esters is 4. The Morgan fingerprint density at radius 3 is 2.23 bits per heavy atom. The Kier molecular flexibility index (Phi) is 7.50. The largest absolute Gasteiger partial charge is 0.467 e. The second-order valence-corrected chi connectivity index (χ2v) is 13.1. The number of aliphatic hydroxyl groups is 2. The average Bonchev–Trinajstić information content (AvgIpc) is 3.21. The van der Waals surface area contributed by atoms with Gasteiger partial charge in [-0.25, -0.2) is 19.2 Å². The fourth-order valence-electron chi connectivity index (χ4n) is 8.74. The summed E-state index contributed by atoms with van der Waals surface area (Å²) in [5, 5.41) is 23.5. The van der Waals surface area contributed by atoms with E-state index in [1.54, 1.807) is 41.5 Å². The summed E-state index contributed by atoms with van der Waals surface area (Å²) < 4.78 is 28.2. The lowest BCUT2D eigenvalue weighted by Gasteiger charge is -2.67. The average molecular weight is 603 g/mol. The summed E-state index contributed by atoms with van der Waals surface area (Å²) in [6.45, 7) is 9.96. The normalized spacial score (nSPS) is 40.8. The minimum Gasteiger partial charge on any atom is -0.467 e. The second kappa shape index (κ2) is 10.4. The van der Waals surface area contributed by atoms with Gasteiger partial charge in [-0.15, -0.1) is 0 Å². The van der Waals surface area contributed by atoms with Crippen molar-refractivity contribution in [3.63, 3.8) is 0 Å². The molecule has 2 saturated carbocycles. The van der Waals surface area contributed by atoms with Crippen molar-refractivity contribution in [2.45, 2.75) is 84.4 Å². The first-order valence-electron chi connectivity index (χ1n) is 14.3. The molecule has 0 radical (unpaired) electrons. The predicted molar refractivity (Wildman–Crippen MR) is 145 cm³/mol. The summed E-state index contributed by atoms with van der Waals surface area (Å²) in [7, 11) is 1.09. The number of hydrogen-bond donors (Lipinski definition) is 2. The van der Waals surface area contributed by atoms with Crippen LogP contribution in [0.25, 0.3) is 0 Å². The third-order valence-corrected chi connectivity index (χ3v) is 10.1. The number of aliphatic hydroxyl groups excluding tert-OH is 2. The molecule has 2 N–H and O–H groups in total. The van der Waals surface area contributed by atoms with Crippen molar-refractivity contribution in [2.75, 3.05) is 13.7 Å². The third kappa shape index (κ3) is 4.24. The minimum absolute atomic E-state index is 0.106. The van der Waals surface area contributed by atoms with Gasteiger partial charge in [-0.05, 0) is 57.9 Å². The molecule has 4 fully saturated rings. The second-order valence-electron chi connectivity index (χ2n) is 13.1. The van der Waals surface area contributed by atoms with Crippen molar-refractivity contribution in [3.05, 3.63) is 34.6 Å². The van der Waals surface area contributed by atoms with Gasteiger partial charge >= 0.3 is 23.9 Å². The molecule has 0 aromatic rings. The van der Waals surface area contributed by atoms with E-state index < -0.39 is 88.3 Å². The van der Waals surface area contributed by atoms with Gasteiger partial charge in [-0.3, -0.25) is 4.79 Å². The number of allylic oxidation sites excluding steroid dienone is 4. The maximum absolute atomic E-state index is 13.6. The van der Waals surface area contributed by atoms with Crippen LogP contribution in [-0.2, 0) is 47.7 Å². The highest BCUT2D eigenvalue weighted by Gasteiger charge is 2.85. The third-order valence-electron chi connectivity index (χ3n) is 10.1. The molecule has 2 heterocycles. The van der Waals surface area contributed by atoms with Gasteiger partial charge in [0, 0.05) is 29.9 Å². The highest BCUT2D eigenvalue weighted by molar-refractivity contribution is 5.99. The van der Waals surface area contributed by atoms with Gasteiger partial charge in [-0.1, -0.05) is 18.1 Å². The number of carbonyl (C=O) groups excluding carboxylic acids is 5. The molecule has 1 spiro atoms. The lowest BCUT2D eigenvalue weighted by molar-refractivity contribution is -0.290. The molecular formula is C31H38O12. The van der Waals surface area contributed by atoms with E-state index >= 15 is 0 Å². The molecule has 2 bridgehead atoms. The molecule has 1 unspecified atom stereocenters. The Morgan fingerprint density at radius 1 is 1.00 bits per heavy atom. The molecule has 5 aliphatic rings. The summed E-state index contributed by atoms with van der Waals surface area (Å²) in [5.41, 5.74) is -2.95. The van der Waals surface area contributed by atoms with E-state index in [1.165, 1.54) is 12.2 Å². The first kappa shape index (κ1) is 31.1. The molecule has 5 rings (SSSR count). The first-order valence-corrected chi connectivity index (χ1v) is 14.3. The van der Waals surface area contributed by atoms with Crippen molar-refractivity contribution in [3.8, 4) is 0 Å². The van der Waals surface area contributed by atoms with Gasteiger partial charge in [0.05, 0.1) is 25.7 Å². The Balaban J connectivity index is 1.68. The van der Waals surface area contributed by atoms with E-state index in [2.05, 4.69) is 0 Å². The first-order chi connectivity index (χ1) is 20.1. The van der Waals surface area contributed by atoms with Crippen LogP contribution in [-0.4, -0.2) is 83.6 Å². The summed E-state index contributed by atoms with van der Waals surface area (Å²) in [6.07, 6.45) is -3.78. The topological polar surface area (TPSA) is 172 Å². The van der Waals surface area contributed by atoms with Gasteiger partial charge in [0.25, 0.3) is 0 Å². The van der Waals surface area contributed by atoms with E-state index in [0.717, 1.165) is 7.11 Å². The fourth-order valence-corrected chi connectivity index (χ4v) is 8.74. The molecule has 3 aliphatic carbocycles. The maximum Gasteiger partial charge on any atom is 0.348 e. The van der Waals surface area contributed by atoms with Crippen LogP contribution in [0.2, 0.25) is 0 Å². The Hall–Kier alpha value is -3.35. The number of carbonyl (C=O) groups is 5. The van der Waals surface area contributed by atoms with Gasteiger partial charge < -0.3 is 33.9 Å². The molecule has 2 saturated heterocycles. The summed E-state index contributed by atoms with van der Waals surface area (Å²) in [6, 6.07) is 0. The van der Waals surface area contributed by atoms with Crippen molar-refractivity contribution in [1.29, 1.82) is 0 Å². The summed E-state index contributed by atoms with van der Waals surface area (Å²) >= 11 is 0. The van der Waals surface area contributed by atoms with E-state index in [0.29, 0.717) is 16.7 Å².